The number of benzene rings is 4. The average Bonchev–Trinajstić information content (AvgIpc) is 1.73. The van der Waals surface area contributed by atoms with E-state index >= 15 is 0 Å². The Morgan fingerprint density at radius 3 is 1.21 bits per heavy atom. The minimum atomic E-state index is -0.534. The van der Waals surface area contributed by atoms with Crippen LogP contribution in [-0.2, 0) is 4.74 Å². The number of carbonyl (C=O) groups is 1. The minimum absolute atomic E-state index is 0.0107. The van der Waals surface area contributed by atoms with Gasteiger partial charge in [0.05, 0.1) is 72.7 Å². The molecule has 31 heteroatoms. The van der Waals surface area contributed by atoms with Crippen LogP contribution in [0.15, 0.2) is 232 Å². The van der Waals surface area contributed by atoms with Crippen molar-refractivity contribution in [3.05, 3.63) is 252 Å². The van der Waals surface area contributed by atoms with E-state index in [1.165, 1.54) is 0 Å². The first-order valence-corrected chi connectivity index (χ1v) is 41.3. The Morgan fingerprint density at radius 1 is 0.463 bits per heavy atom. The molecular weight excluding hydrogens is 1600 g/mol. The number of fused-ring (bicyclic) bond motifs is 8. The summed E-state index contributed by atoms with van der Waals surface area (Å²) in [5, 5.41) is 24.3. The largest absolute Gasteiger partial charge is 0.444 e. The zero-order chi connectivity index (χ0) is 84.1. The zero-order valence-corrected chi connectivity index (χ0v) is 69.7. The van der Waals surface area contributed by atoms with Crippen LogP contribution in [0.4, 0.5) is 27.5 Å². The summed E-state index contributed by atoms with van der Waals surface area (Å²) in [5.41, 5.74) is 10.2. The summed E-state index contributed by atoms with van der Waals surface area (Å²) in [6.45, 7) is 23.8. The van der Waals surface area contributed by atoms with E-state index in [1.54, 1.807) is 104 Å². The molecule has 20 rings (SSSR count). The van der Waals surface area contributed by atoms with Crippen LogP contribution in [0.1, 0.15) is 54.9 Å². The standard InChI is InChI=1S/C25H25ClN4O4.C22H21ClN4O3.C22H21ClN4O2.C21H21N5O2/c1-25(2,3)34-24(32)27-17-8-9-29(13-17)18-6-4-15-10-19(23(31)33-21(15)11-18)20-14-30-12-16(26)5-7-22(30)28-20;23-16-2-4-21-24-19(14-27(21)13-16)18-11-15-1-3-17(12-20(15)30-22(18)29)26-7-5-25(6-8-26)9-10-28;1-13-9-26(10-14(2)24-13)17-5-3-15-7-18(22(28)29-20(15)8-17)19-12-27-11-16(23)4-6-21(27)25-19;1-13-10-26(11-14(2)23-13)16-5-4-15-8-17(20(27)28-19(15)9-16)18-12-25-7-3-6-22-21(25)24-18/h4-7,10-12,14,17H,8-9,13H2,1-3H3,(H,27,32);1-4,11-14,28H,5-10H2;3-8,11-14,24H,9-10H2,1-2H3;3-9,12-14,23H,10-11H2,1-2H3/t17-;;2*13-,14+/m0.../s1. The van der Waals surface area contributed by atoms with Gasteiger partial charge in [0.1, 0.15) is 44.9 Å². The summed E-state index contributed by atoms with van der Waals surface area (Å²) in [6.07, 6.45) is 16.3. The third kappa shape index (κ3) is 18.2. The molecule has 5 atom stereocenters. The number of nitrogens with zero attached hydrogens (tertiary/aromatic N) is 14. The van der Waals surface area contributed by atoms with Crippen molar-refractivity contribution in [3.8, 4) is 45.0 Å². The van der Waals surface area contributed by atoms with Crippen LogP contribution >= 0.6 is 34.8 Å². The first-order chi connectivity index (χ1) is 58.3. The van der Waals surface area contributed by atoms with Crippen molar-refractivity contribution in [1.29, 1.82) is 0 Å². The number of hydrogen-bond donors (Lipinski definition) is 4. The molecule has 0 unspecified atom stereocenters. The molecule has 4 aliphatic rings. The highest BCUT2D eigenvalue weighted by atomic mass is 35.5. The number of piperazine rings is 3. The maximum atomic E-state index is 12.8. The van der Waals surface area contributed by atoms with Gasteiger partial charge in [-0.2, -0.15) is 0 Å². The first-order valence-electron chi connectivity index (χ1n) is 40.2. The van der Waals surface area contributed by atoms with Crippen molar-refractivity contribution >= 4 is 130 Å². The number of aliphatic hydroxyl groups excluding tert-OH is 1. The molecule has 4 aliphatic heterocycles. The number of carbonyl (C=O) groups excluding carboxylic acids is 1. The number of nitrogens with one attached hydrogen (secondary N) is 3. The van der Waals surface area contributed by atoms with Gasteiger partial charge in [-0.05, 0) is 170 Å². The molecule has 4 N–H and O–H groups in total. The number of ether oxygens (including phenoxy) is 1. The number of hydrogen-bond acceptors (Lipinski definition) is 23. The maximum absolute atomic E-state index is 12.8. The summed E-state index contributed by atoms with van der Waals surface area (Å²) >= 11 is 18.1. The van der Waals surface area contributed by atoms with Crippen LogP contribution in [0.5, 0.6) is 0 Å². The first kappa shape index (κ1) is 81.0. The lowest BCUT2D eigenvalue weighted by atomic mass is 10.1. The number of imidazole rings is 4. The van der Waals surface area contributed by atoms with Gasteiger partial charge >= 0.3 is 28.6 Å². The number of rotatable bonds is 11. The van der Waals surface area contributed by atoms with Gasteiger partial charge in [-0.15, -0.1) is 0 Å². The molecule has 121 heavy (non-hydrogen) atoms. The Hall–Kier alpha value is -12.4. The Balaban J connectivity index is 0.000000115. The number of β-amino-alcohol motifs (C(OH)–C–C–N with tert-alkyl or cyclic N) is 1. The number of anilines is 4. The van der Waals surface area contributed by atoms with E-state index < -0.39 is 34.2 Å². The van der Waals surface area contributed by atoms with Gasteiger partial charge in [0.25, 0.3) is 0 Å². The van der Waals surface area contributed by atoms with Gasteiger partial charge in [0.2, 0.25) is 5.78 Å². The molecule has 0 aliphatic carbocycles. The van der Waals surface area contributed by atoms with Crippen molar-refractivity contribution < 1.29 is 32.3 Å². The highest BCUT2D eigenvalue weighted by Gasteiger charge is 2.29. The second kappa shape index (κ2) is 34.0. The highest BCUT2D eigenvalue weighted by molar-refractivity contribution is 6.31. The molecule has 16 aromatic rings. The summed E-state index contributed by atoms with van der Waals surface area (Å²) < 4.78 is 35.2. The molecule has 1 amide bonds. The van der Waals surface area contributed by atoms with Crippen molar-refractivity contribution in [2.75, 3.05) is 98.2 Å². The van der Waals surface area contributed by atoms with Crippen LogP contribution in [0.3, 0.4) is 0 Å². The third-order valence-electron chi connectivity index (χ3n) is 21.7. The van der Waals surface area contributed by atoms with Gasteiger partial charge in [0, 0.05) is 220 Å². The second-order valence-corrected chi connectivity index (χ2v) is 33.5. The molecule has 16 heterocycles. The van der Waals surface area contributed by atoms with Crippen molar-refractivity contribution in [3.63, 3.8) is 0 Å². The van der Waals surface area contributed by atoms with Gasteiger partial charge in [-0.3, -0.25) is 9.30 Å². The lowest BCUT2D eigenvalue weighted by Gasteiger charge is -2.37. The molecule has 4 aromatic carbocycles. The fourth-order valence-electron chi connectivity index (χ4n) is 16.2. The van der Waals surface area contributed by atoms with E-state index in [1.807, 2.05) is 112 Å². The fraction of sp³-hybridized carbons (Fsp3) is 0.289. The third-order valence-corrected chi connectivity index (χ3v) is 22.4. The number of alkyl carbamates (subject to hydrolysis) is 1. The van der Waals surface area contributed by atoms with E-state index in [9.17, 15) is 24.0 Å². The summed E-state index contributed by atoms with van der Waals surface area (Å²) in [4.78, 5) is 96.4. The number of aromatic nitrogens is 9. The van der Waals surface area contributed by atoms with E-state index in [0.717, 1.165) is 115 Å². The normalized spacial score (nSPS) is 17.8. The maximum Gasteiger partial charge on any atom is 0.407 e. The van der Waals surface area contributed by atoms with Crippen molar-refractivity contribution in [2.24, 2.45) is 0 Å². The number of amides is 1. The van der Waals surface area contributed by atoms with Crippen LogP contribution in [0, 0.1) is 0 Å². The summed E-state index contributed by atoms with van der Waals surface area (Å²) in [7, 11) is 0. The Labute approximate surface area is 707 Å². The molecule has 12 aromatic heterocycles. The number of pyridine rings is 3. The Kier molecular flexibility index (Phi) is 22.8. The van der Waals surface area contributed by atoms with Crippen LogP contribution in [-0.4, -0.2) is 173 Å². The number of halogens is 3. The molecule has 0 saturated carbocycles. The molecule has 4 saturated heterocycles. The average molecular weight is 1690 g/mol. The number of aliphatic hydroxyl groups is 1. The minimum Gasteiger partial charge on any atom is -0.444 e. The van der Waals surface area contributed by atoms with E-state index in [2.05, 4.69) is 111 Å². The second-order valence-electron chi connectivity index (χ2n) is 32.2. The zero-order valence-electron chi connectivity index (χ0n) is 67.5. The van der Waals surface area contributed by atoms with Gasteiger partial charge < -0.3 is 76.3 Å². The quantitative estimate of drug-likeness (QED) is 0.0875. The Morgan fingerprint density at radius 2 is 0.835 bits per heavy atom. The molecule has 0 bridgehead atoms. The SMILES string of the molecule is CC(C)(C)OC(=O)N[C@H]1CCN(c2ccc3cc(-c4cn5cc(Cl)ccc5n4)c(=O)oc3c2)C1.C[C@@H]1CN(c2ccc3cc(-c4cn5cc(Cl)ccc5n4)c(=O)oc3c2)C[C@H](C)N1.C[C@@H]1CN(c2ccc3cc(-c4cn5cccnc5n4)c(=O)oc3c2)C[C@H](C)N1.O=c1oc2cc(N3CCN(CCO)CC3)ccc2cc1-c1cn2cc(Cl)ccc2n1. The monoisotopic (exact) mass is 1690 g/mol. The van der Waals surface area contributed by atoms with E-state index in [4.69, 9.17) is 62.3 Å². The van der Waals surface area contributed by atoms with Gasteiger partial charge in [-0.1, -0.05) is 34.8 Å². The van der Waals surface area contributed by atoms with Gasteiger partial charge in [-0.25, -0.2) is 48.9 Å². The molecule has 28 nitrogen and oxygen atoms in total. The van der Waals surface area contributed by atoms with E-state index in [-0.39, 0.29) is 12.6 Å². The van der Waals surface area contributed by atoms with Crippen molar-refractivity contribution in [1.82, 2.24) is 63.4 Å². The predicted molar refractivity (Wildman–Crippen MR) is 474 cm³/mol. The molecule has 0 radical (unpaired) electrons. The summed E-state index contributed by atoms with van der Waals surface area (Å²) in [5.74, 6) is 0.550. The van der Waals surface area contributed by atoms with Crippen LogP contribution in [0.25, 0.3) is 112 Å². The van der Waals surface area contributed by atoms with E-state index in [0.29, 0.717) is 137 Å². The topological polar surface area (TPSA) is 302 Å². The molecule has 620 valence electrons. The molecular formula is C90H88Cl3N17O11. The van der Waals surface area contributed by atoms with Crippen LogP contribution < -0.4 is 58.1 Å². The fourth-order valence-corrected chi connectivity index (χ4v) is 16.7. The highest BCUT2D eigenvalue weighted by Crippen LogP contribution is 2.33. The van der Waals surface area contributed by atoms with Crippen LogP contribution in [0.2, 0.25) is 15.1 Å². The lowest BCUT2D eigenvalue weighted by Crippen LogP contribution is -2.54. The Bertz CT molecular complexity index is 6810. The molecule has 0 spiro atoms. The predicted octanol–water partition coefficient (Wildman–Crippen LogP) is 14.4. The van der Waals surface area contributed by atoms with Crippen molar-refractivity contribution in [2.45, 2.75) is 90.7 Å². The lowest BCUT2D eigenvalue weighted by molar-refractivity contribution is 0.0508. The summed E-state index contributed by atoms with van der Waals surface area (Å²) in [6, 6.07) is 45.3. The smallest absolute Gasteiger partial charge is 0.407 e. The van der Waals surface area contributed by atoms with Gasteiger partial charge in [0.15, 0.2) is 0 Å². The molecule has 4 fully saturated rings.